The molecule has 1 aromatic heterocycles. The lowest BCUT2D eigenvalue weighted by molar-refractivity contribution is -0.118. The second kappa shape index (κ2) is 6.38. The largest absolute Gasteiger partial charge is 0.376 e. The van der Waals surface area contributed by atoms with Crippen LogP contribution in [0.2, 0.25) is 0 Å². The van der Waals surface area contributed by atoms with Crippen LogP contribution in [0.3, 0.4) is 0 Å². The summed E-state index contributed by atoms with van der Waals surface area (Å²) >= 11 is 0. The molecule has 1 aromatic rings. The third-order valence-electron chi connectivity index (χ3n) is 3.09. The molecular formula is C12H19N5O3. The zero-order valence-corrected chi connectivity index (χ0v) is 11.3. The summed E-state index contributed by atoms with van der Waals surface area (Å²) in [6.07, 6.45) is 5.05. The van der Waals surface area contributed by atoms with Crippen LogP contribution in [0.1, 0.15) is 19.8 Å². The minimum Gasteiger partial charge on any atom is -0.376 e. The molecule has 4 N–H and O–H groups in total. The summed E-state index contributed by atoms with van der Waals surface area (Å²) in [7, 11) is 0. The molecule has 0 spiro atoms. The topological polar surface area (TPSA) is 111 Å². The molecule has 1 fully saturated rings. The summed E-state index contributed by atoms with van der Waals surface area (Å²) in [5, 5.41) is 9.38. The standard InChI is InChI=1S/C12H19N5O3/c1-8(10-3-2-4-20-10)15-12(19)16-9-5-14-17(6-9)7-11(13)18/h5-6,8,10H,2-4,7H2,1H3,(H2,13,18)(H2,15,16,19)/t8-,10+/m1/s1. The van der Waals surface area contributed by atoms with E-state index in [9.17, 15) is 9.59 Å². The van der Waals surface area contributed by atoms with Crippen LogP contribution < -0.4 is 16.4 Å². The molecule has 2 rings (SSSR count). The monoisotopic (exact) mass is 281 g/mol. The van der Waals surface area contributed by atoms with Crippen LogP contribution in [0.15, 0.2) is 12.4 Å². The third-order valence-corrected chi connectivity index (χ3v) is 3.09. The summed E-state index contributed by atoms with van der Waals surface area (Å²) < 4.78 is 6.87. The van der Waals surface area contributed by atoms with E-state index in [4.69, 9.17) is 10.5 Å². The van der Waals surface area contributed by atoms with Gasteiger partial charge in [-0.05, 0) is 19.8 Å². The van der Waals surface area contributed by atoms with Crippen LogP contribution in [-0.2, 0) is 16.1 Å². The van der Waals surface area contributed by atoms with Crippen molar-refractivity contribution in [1.82, 2.24) is 15.1 Å². The number of anilines is 1. The van der Waals surface area contributed by atoms with E-state index in [0.717, 1.165) is 19.4 Å². The molecule has 0 unspecified atom stereocenters. The lowest BCUT2D eigenvalue weighted by Crippen LogP contribution is -2.42. The zero-order valence-electron chi connectivity index (χ0n) is 11.3. The minimum absolute atomic E-state index is 0.0182. The highest BCUT2D eigenvalue weighted by Crippen LogP contribution is 2.15. The first kappa shape index (κ1) is 14.3. The molecule has 0 aromatic carbocycles. The van der Waals surface area contributed by atoms with E-state index >= 15 is 0 Å². The molecule has 1 saturated heterocycles. The van der Waals surface area contributed by atoms with E-state index < -0.39 is 5.91 Å². The predicted octanol–water partition coefficient (Wildman–Crippen LogP) is 0.0574. The number of hydrogen-bond donors (Lipinski definition) is 3. The maximum atomic E-state index is 11.8. The number of hydrogen-bond acceptors (Lipinski definition) is 4. The van der Waals surface area contributed by atoms with Gasteiger partial charge >= 0.3 is 6.03 Å². The Morgan fingerprint density at radius 2 is 2.45 bits per heavy atom. The highest BCUT2D eigenvalue weighted by molar-refractivity contribution is 5.89. The van der Waals surface area contributed by atoms with E-state index in [1.165, 1.54) is 10.9 Å². The first-order chi connectivity index (χ1) is 9.54. The average Bonchev–Trinajstić information content (AvgIpc) is 2.99. The quantitative estimate of drug-likeness (QED) is 0.708. The third kappa shape index (κ3) is 3.95. The number of carbonyl (C=O) groups is 2. The van der Waals surface area contributed by atoms with Crippen molar-refractivity contribution in [3.05, 3.63) is 12.4 Å². The molecule has 0 aliphatic carbocycles. The van der Waals surface area contributed by atoms with E-state index in [-0.39, 0.29) is 24.7 Å². The van der Waals surface area contributed by atoms with Crippen LogP contribution in [0.4, 0.5) is 10.5 Å². The normalized spacial score (nSPS) is 19.6. The Kier molecular flexibility index (Phi) is 4.57. The van der Waals surface area contributed by atoms with Gasteiger partial charge in [0.25, 0.3) is 0 Å². The van der Waals surface area contributed by atoms with Crippen LogP contribution in [0, 0.1) is 0 Å². The summed E-state index contributed by atoms with van der Waals surface area (Å²) in [6.45, 7) is 2.64. The van der Waals surface area contributed by atoms with Crippen molar-refractivity contribution in [3.63, 3.8) is 0 Å². The maximum Gasteiger partial charge on any atom is 0.319 e. The molecule has 2 heterocycles. The van der Waals surface area contributed by atoms with Gasteiger partial charge in [0.15, 0.2) is 0 Å². The van der Waals surface area contributed by atoms with E-state index in [0.29, 0.717) is 5.69 Å². The molecule has 110 valence electrons. The summed E-state index contributed by atoms with van der Waals surface area (Å²) in [5.41, 5.74) is 5.56. The van der Waals surface area contributed by atoms with Crippen molar-refractivity contribution >= 4 is 17.6 Å². The predicted molar refractivity (Wildman–Crippen MR) is 72.0 cm³/mol. The molecule has 1 aliphatic rings. The molecule has 20 heavy (non-hydrogen) atoms. The van der Waals surface area contributed by atoms with E-state index in [2.05, 4.69) is 15.7 Å². The van der Waals surface area contributed by atoms with Gasteiger partial charge in [-0.3, -0.25) is 9.48 Å². The molecule has 8 heteroatoms. The molecule has 2 atom stereocenters. The van der Waals surface area contributed by atoms with E-state index in [1.807, 2.05) is 6.92 Å². The van der Waals surface area contributed by atoms with Crippen LogP contribution >= 0.6 is 0 Å². The Labute approximate surface area is 116 Å². The van der Waals surface area contributed by atoms with Gasteiger partial charge in [-0.1, -0.05) is 0 Å². The zero-order chi connectivity index (χ0) is 14.5. The Balaban J connectivity index is 1.81. The lowest BCUT2D eigenvalue weighted by atomic mass is 10.1. The lowest BCUT2D eigenvalue weighted by Gasteiger charge is -2.19. The number of nitrogens with two attached hydrogens (primary N) is 1. The van der Waals surface area contributed by atoms with Gasteiger partial charge in [-0.15, -0.1) is 0 Å². The van der Waals surface area contributed by atoms with Crippen molar-refractivity contribution in [2.24, 2.45) is 5.73 Å². The fourth-order valence-electron chi connectivity index (χ4n) is 2.14. The van der Waals surface area contributed by atoms with Crippen molar-refractivity contribution in [2.45, 2.75) is 38.5 Å². The minimum atomic E-state index is -0.490. The summed E-state index contributed by atoms with van der Waals surface area (Å²) in [6, 6.07) is -0.384. The highest BCUT2D eigenvalue weighted by Gasteiger charge is 2.23. The molecule has 3 amide bonds. The van der Waals surface area contributed by atoms with Crippen LogP contribution in [0.5, 0.6) is 0 Å². The SMILES string of the molecule is C[C@@H](NC(=O)Nc1cnn(CC(N)=O)c1)[C@@H]1CCCO1. The smallest absolute Gasteiger partial charge is 0.319 e. The van der Waals surface area contributed by atoms with Gasteiger partial charge < -0.3 is 21.1 Å². The van der Waals surface area contributed by atoms with Crippen LogP contribution in [0.25, 0.3) is 0 Å². The number of nitrogens with zero attached hydrogens (tertiary/aromatic N) is 2. The van der Waals surface area contributed by atoms with Gasteiger partial charge in [0.2, 0.25) is 5.91 Å². The van der Waals surface area contributed by atoms with Gasteiger partial charge in [-0.25, -0.2) is 4.79 Å². The molecule has 0 bridgehead atoms. The van der Waals surface area contributed by atoms with Crippen molar-refractivity contribution in [1.29, 1.82) is 0 Å². The Morgan fingerprint density at radius 3 is 3.10 bits per heavy atom. The van der Waals surface area contributed by atoms with E-state index in [1.54, 1.807) is 6.20 Å². The Morgan fingerprint density at radius 1 is 1.65 bits per heavy atom. The molecule has 0 saturated carbocycles. The molecular weight excluding hydrogens is 262 g/mol. The number of amides is 3. The van der Waals surface area contributed by atoms with Crippen molar-refractivity contribution in [2.75, 3.05) is 11.9 Å². The number of ether oxygens (including phenoxy) is 1. The Hall–Kier alpha value is -2.09. The Bertz CT molecular complexity index is 481. The number of aromatic nitrogens is 2. The number of primary amides is 1. The number of rotatable bonds is 5. The maximum absolute atomic E-state index is 11.8. The van der Waals surface area contributed by atoms with Gasteiger partial charge in [0, 0.05) is 12.8 Å². The van der Waals surface area contributed by atoms with Gasteiger partial charge in [0.1, 0.15) is 6.54 Å². The highest BCUT2D eigenvalue weighted by atomic mass is 16.5. The fraction of sp³-hybridized carbons (Fsp3) is 0.583. The number of nitrogens with one attached hydrogen (secondary N) is 2. The van der Waals surface area contributed by atoms with Gasteiger partial charge in [-0.2, -0.15) is 5.10 Å². The number of urea groups is 1. The first-order valence-electron chi connectivity index (χ1n) is 6.54. The fourth-order valence-corrected chi connectivity index (χ4v) is 2.14. The molecule has 1 aliphatic heterocycles. The summed E-state index contributed by atoms with van der Waals surface area (Å²) in [5.74, 6) is -0.490. The first-order valence-corrected chi connectivity index (χ1v) is 6.54. The van der Waals surface area contributed by atoms with Crippen molar-refractivity contribution < 1.29 is 14.3 Å². The molecule has 8 nitrogen and oxygen atoms in total. The second-order valence-electron chi connectivity index (χ2n) is 4.83. The van der Waals surface area contributed by atoms with Crippen molar-refractivity contribution in [3.8, 4) is 0 Å². The van der Waals surface area contributed by atoms with Gasteiger partial charge in [0.05, 0.1) is 24.0 Å². The van der Waals surface area contributed by atoms with Crippen LogP contribution in [-0.4, -0.2) is 40.5 Å². The second-order valence-corrected chi connectivity index (χ2v) is 4.83. The molecule has 0 radical (unpaired) electrons. The summed E-state index contributed by atoms with van der Waals surface area (Å²) in [4.78, 5) is 22.5. The number of carbonyl (C=O) groups excluding carboxylic acids is 2. The average molecular weight is 281 g/mol.